The number of rotatable bonds is 5. The highest BCUT2D eigenvalue weighted by molar-refractivity contribution is 5.95. The Labute approximate surface area is 132 Å². The second-order valence-corrected chi connectivity index (χ2v) is 5.86. The molecule has 0 heterocycles. The molecule has 0 spiro atoms. The summed E-state index contributed by atoms with van der Waals surface area (Å²) in [5.41, 5.74) is 3.66. The third-order valence-electron chi connectivity index (χ3n) is 3.77. The molecular weight excluding hydrogens is 274 g/mol. The lowest BCUT2D eigenvalue weighted by atomic mass is 10.0. The van der Waals surface area contributed by atoms with E-state index in [9.17, 15) is 9.90 Å². The van der Waals surface area contributed by atoms with Crippen LogP contribution in [0.25, 0.3) is 0 Å². The molecule has 0 fully saturated rings. The normalized spacial score (nSPS) is 13.5. The van der Waals surface area contributed by atoms with Crippen LogP contribution in [0.4, 0.5) is 0 Å². The molecule has 2 aromatic rings. The Kier molecular flexibility index (Phi) is 5.34. The van der Waals surface area contributed by atoms with Crippen molar-refractivity contribution < 1.29 is 9.90 Å². The molecule has 0 aliphatic carbocycles. The van der Waals surface area contributed by atoms with Crippen LogP contribution in [0.1, 0.15) is 46.5 Å². The lowest BCUT2D eigenvalue weighted by Gasteiger charge is -2.19. The Morgan fingerprint density at radius 2 is 1.82 bits per heavy atom. The summed E-state index contributed by atoms with van der Waals surface area (Å²) in [6, 6.07) is 15.2. The van der Waals surface area contributed by atoms with Gasteiger partial charge in [0.15, 0.2) is 0 Å². The minimum atomic E-state index is -0.574. The average molecular weight is 297 g/mol. The highest BCUT2D eigenvalue weighted by atomic mass is 16.3. The van der Waals surface area contributed by atoms with E-state index in [1.165, 1.54) is 0 Å². The van der Waals surface area contributed by atoms with Crippen LogP contribution in [-0.2, 0) is 0 Å². The predicted octanol–water partition coefficient (Wildman–Crippen LogP) is 3.55. The van der Waals surface area contributed by atoms with E-state index in [2.05, 4.69) is 5.32 Å². The van der Waals surface area contributed by atoms with Gasteiger partial charge in [0.1, 0.15) is 0 Å². The molecule has 0 bridgehead atoms. The highest BCUT2D eigenvalue weighted by Gasteiger charge is 2.16. The van der Waals surface area contributed by atoms with E-state index in [1.807, 2.05) is 69.3 Å². The zero-order valence-corrected chi connectivity index (χ0v) is 13.3. The summed E-state index contributed by atoms with van der Waals surface area (Å²) in [6.07, 6.45) is -0.0867. The van der Waals surface area contributed by atoms with Gasteiger partial charge < -0.3 is 10.4 Å². The molecule has 0 saturated carbocycles. The molecule has 0 radical (unpaired) electrons. The van der Waals surface area contributed by atoms with Gasteiger partial charge in [0.2, 0.25) is 0 Å². The van der Waals surface area contributed by atoms with Crippen LogP contribution in [0, 0.1) is 13.8 Å². The van der Waals surface area contributed by atoms with Crippen molar-refractivity contribution in [2.75, 3.05) is 0 Å². The van der Waals surface area contributed by atoms with Gasteiger partial charge >= 0.3 is 0 Å². The van der Waals surface area contributed by atoms with Gasteiger partial charge in [-0.15, -0.1) is 0 Å². The van der Waals surface area contributed by atoms with Crippen LogP contribution in [-0.4, -0.2) is 17.1 Å². The Hall–Kier alpha value is -2.13. The average Bonchev–Trinajstić information content (AvgIpc) is 2.47. The zero-order chi connectivity index (χ0) is 16.1. The van der Waals surface area contributed by atoms with Gasteiger partial charge in [-0.1, -0.05) is 48.0 Å². The quantitative estimate of drug-likeness (QED) is 0.886. The number of nitrogens with one attached hydrogen (secondary N) is 1. The molecule has 3 nitrogen and oxygen atoms in total. The van der Waals surface area contributed by atoms with E-state index < -0.39 is 6.10 Å². The molecular formula is C19H23NO2. The number of hydrogen-bond donors (Lipinski definition) is 2. The molecule has 1 amide bonds. The van der Waals surface area contributed by atoms with Crippen molar-refractivity contribution in [3.8, 4) is 0 Å². The van der Waals surface area contributed by atoms with Gasteiger partial charge in [0, 0.05) is 11.6 Å². The molecule has 2 rings (SSSR count). The molecule has 2 aromatic carbocycles. The van der Waals surface area contributed by atoms with Gasteiger partial charge in [0.05, 0.1) is 6.10 Å². The van der Waals surface area contributed by atoms with Crippen LogP contribution in [0.5, 0.6) is 0 Å². The largest absolute Gasteiger partial charge is 0.388 e. The number of aryl methyl sites for hydroxylation is 2. The summed E-state index contributed by atoms with van der Waals surface area (Å²) in [4.78, 5) is 12.3. The third-order valence-corrected chi connectivity index (χ3v) is 3.77. The number of hydrogen-bond acceptors (Lipinski definition) is 2. The highest BCUT2D eigenvalue weighted by Crippen LogP contribution is 2.18. The maximum atomic E-state index is 12.3. The zero-order valence-electron chi connectivity index (χ0n) is 13.3. The first-order chi connectivity index (χ1) is 10.5. The number of carbonyl (C=O) groups excluding carboxylic acids is 1. The minimum Gasteiger partial charge on any atom is -0.388 e. The number of aliphatic hydroxyl groups excluding tert-OH is 1. The minimum absolute atomic E-state index is 0.0924. The number of aliphatic hydroxyl groups is 1. The molecule has 0 aliphatic heterocycles. The fourth-order valence-corrected chi connectivity index (χ4v) is 2.57. The van der Waals surface area contributed by atoms with Gasteiger partial charge in [-0.2, -0.15) is 0 Å². The summed E-state index contributed by atoms with van der Waals surface area (Å²) >= 11 is 0. The SMILES string of the molecule is Cc1ccc(C(=O)NC(C)CC(O)c2ccccc2)c(C)c1. The maximum absolute atomic E-state index is 12.3. The van der Waals surface area contributed by atoms with Crippen molar-refractivity contribution in [1.29, 1.82) is 0 Å². The first kappa shape index (κ1) is 16.2. The number of benzene rings is 2. The number of carbonyl (C=O) groups is 1. The molecule has 0 aliphatic rings. The van der Waals surface area contributed by atoms with E-state index in [0.717, 1.165) is 16.7 Å². The molecule has 3 heteroatoms. The first-order valence-electron chi connectivity index (χ1n) is 7.58. The summed E-state index contributed by atoms with van der Waals surface area (Å²) < 4.78 is 0. The first-order valence-corrected chi connectivity index (χ1v) is 7.58. The Morgan fingerprint density at radius 1 is 1.14 bits per heavy atom. The summed E-state index contributed by atoms with van der Waals surface area (Å²) in [5.74, 6) is -0.0924. The van der Waals surface area contributed by atoms with Gasteiger partial charge in [0.25, 0.3) is 5.91 Å². The van der Waals surface area contributed by atoms with E-state index >= 15 is 0 Å². The Bertz CT molecular complexity index is 637. The predicted molar refractivity (Wildman–Crippen MR) is 88.9 cm³/mol. The van der Waals surface area contributed by atoms with Crippen molar-refractivity contribution in [3.63, 3.8) is 0 Å². The van der Waals surface area contributed by atoms with Crippen molar-refractivity contribution in [2.45, 2.75) is 39.3 Å². The van der Waals surface area contributed by atoms with Crippen LogP contribution in [0.15, 0.2) is 48.5 Å². The van der Waals surface area contributed by atoms with Gasteiger partial charge in [-0.25, -0.2) is 0 Å². The molecule has 0 saturated heterocycles. The van der Waals surface area contributed by atoms with Crippen LogP contribution in [0.3, 0.4) is 0 Å². The topological polar surface area (TPSA) is 49.3 Å². The van der Waals surface area contributed by atoms with Crippen molar-refractivity contribution in [3.05, 3.63) is 70.8 Å². The smallest absolute Gasteiger partial charge is 0.251 e. The molecule has 2 atom stereocenters. The second kappa shape index (κ2) is 7.23. The van der Waals surface area contributed by atoms with E-state index in [0.29, 0.717) is 12.0 Å². The third kappa shape index (κ3) is 4.18. The van der Waals surface area contributed by atoms with Crippen molar-refractivity contribution >= 4 is 5.91 Å². The molecule has 2 unspecified atom stereocenters. The molecule has 22 heavy (non-hydrogen) atoms. The fraction of sp³-hybridized carbons (Fsp3) is 0.316. The molecule has 2 N–H and O–H groups in total. The van der Waals surface area contributed by atoms with Crippen LogP contribution >= 0.6 is 0 Å². The van der Waals surface area contributed by atoms with Gasteiger partial charge in [-0.05, 0) is 44.4 Å². The Morgan fingerprint density at radius 3 is 2.45 bits per heavy atom. The molecule has 116 valence electrons. The summed E-state index contributed by atoms with van der Waals surface area (Å²) in [5, 5.41) is 13.2. The van der Waals surface area contributed by atoms with Crippen LogP contribution in [0.2, 0.25) is 0 Å². The lowest BCUT2D eigenvalue weighted by Crippen LogP contribution is -2.34. The lowest BCUT2D eigenvalue weighted by molar-refractivity contribution is 0.0916. The fourth-order valence-electron chi connectivity index (χ4n) is 2.57. The monoisotopic (exact) mass is 297 g/mol. The van der Waals surface area contributed by atoms with Crippen molar-refractivity contribution in [1.82, 2.24) is 5.32 Å². The maximum Gasteiger partial charge on any atom is 0.251 e. The molecule has 0 aromatic heterocycles. The van der Waals surface area contributed by atoms with E-state index in [4.69, 9.17) is 0 Å². The van der Waals surface area contributed by atoms with E-state index in [-0.39, 0.29) is 11.9 Å². The summed E-state index contributed by atoms with van der Waals surface area (Å²) in [6.45, 7) is 5.85. The van der Waals surface area contributed by atoms with E-state index in [1.54, 1.807) is 0 Å². The van der Waals surface area contributed by atoms with Crippen molar-refractivity contribution in [2.24, 2.45) is 0 Å². The second-order valence-electron chi connectivity index (χ2n) is 5.86. The van der Waals surface area contributed by atoms with Gasteiger partial charge in [-0.3, -0.25) is 4.79 Å². The van der Waals surface area contributed by atoms with Crippen LogP contribution < -0.4 is 5.32 Å². The Balaban J connectivity index is 1.96. The standard InChI is InChI=1S/C19H23NO2/c1-13-9-10-17(14(2)11-13)19(22)20-15(3)12-18(21)16-7-5-4-6-8-16/h4-11,15,18,21H,12H2,1-3H3,(H,20,22). The summed E-state index contributed by atoms with van der Waals surface area (Å²) in [7, 11) is 0. The number of amides is 1.